The zero-order valence-electron chi connectivity index (χ0n) is 12.5. The molecule has 0 amide bonds. The molecular formula is C19H23NO. The molecule has 0 atom stereocenters. The van der Waals surface area contributed by atoms with Crippen LogP contribution < -0.4 is 0 Å². The van der Waals surface area contributed by atoms with Crippen LogP contribution in [0.2, 0.25) is 0 Å². The summed E-state index contributed by atoms with van der Waals surface area (Å²) in [6, 6.07) is 16.7. The lowest BCUT2D eigenvalue weighted by molar-refractivity contribution is 0.0152. The summed E-state index contributed by atoms with van der Waals surface area (Å²) >= 11 is 0. The molecule has 2 aromatic rings. The summed E-state index contributed by atoms with van der Waals surface area (Å²) in [5.41, 5.74) is 3.47. The highest BCUT2D eigenvalue weighted by Crippen LogP contribution is 2.21. The summed E-state index contributed by atoms with van der Waals surface area (Å²) in [6.45, 7) is 0.646. The molecule has 1 fully saturated rings. The minimum Gasteiger partial charge on any atom is -0.372 e. The fourth-order valence-corrected chi connectivity index (χ4v) is 2.95. The smallest absolute Gasteiger partial charge is 0.0891 e. The maximum Gasteiger partial charge on any atom is 0.0891 e. The van der Waals surface area contributed by atoms with E-state index in [1.54, 1.807) is 0 Å². The van der Waals surface area contributed by atoms with E-state index in [4.69, 9.17) is 9.72 Å². The molecule has 1 heterocycles. The van der Waals surface area contributed by atoms with Gasteiger partial charge in [-0.05, 0) is 30.5 Å². The topological polar surface area (TPSA) is 22.1 Å². The highest BCUT2D eigenvalue weighted by atomic mass is 16.5. The van der Waals surface area contributed by atoms with Gasteiger partial charge in [-0.3, -0.25) is 4.98 Å². The van der Waals surface area contributed by atoms with Gasteiger partial charge in [0.1, 0.15) is 0 Å². The Labute approximate surface area is 127 Å². The monoisotopic (exact) mass is 281 g/mol. The Balaban J connectivity index is 1.57. The van der Waals surface area contributed by atoms with Crippen molar-refractivity contribution < 1.29 is 4.74 Å². The van der Waals surface area contributed by atoms with Crippen molar-refractivity contribution in [3.8, 4) is 0 Å². The van der Waals surface area contributed by atoms with Crippen LogP contribution in [0.15, 0.2) is 48.5 Å². The van der Waals surface area contributed by atoms with E-state index in [2.05, 4.69) is 42.5 Å². The number of ether oxygens (including phenoxy) is 1. The van der Waals surface area contributed by atoms with E-state index in [0.29, 0.717) is 12.7 Å². The van der Waals surface area contributed by atoms with Gasteiger partial charge in [0, 0.05) is 12.1 Å². The van der Waals surface area contributed by atoms with Crippen LogP contribution in [0.1, 0.15) is 49.1 Å². The predicted molar refractivity (Wildman–Crippen MR) is 85.1 cm³/mol. The number of hydrogen-bond donors (Lipinski definition) is 0. The Bertz CT molecular complexity index is 547. The van der Waals surface area contributed by atoms with Crippen LogP contribution in [-0.4, -0.2) is 11.1 Å². The second-order valence-corrected chi connectivity index (χ2v) is 5.85. The number of nitrogens with zero attached hydrogens (tertiary/aromatic N) is 1. The summed E-state index contributed by atoms with van der Waals surface area (Å²) in [7, 11) is 0. The number of aromatic nitrogens is 1. The molecule has 0 unspecified atom stereocenters. The third-order valence-corrected chi connectivity index (χ3v) is 4.11. The highest BCUT2D eigenvalue weighted by Gasteiger charge is 2.13. The molecule has 1 aromatic heterocycles. The summed E-state index contributed by atoms with van der Waals surface area (Å²) < 4.78 is 6.01. The molecule has 2 heteroatoms. The SMILES string of the molecule is c1ccc(Cc2cccc(COC3CCCCC3)n2)cc1. The Morgan fingerprint density at radius 1 is 0.857 bits per heavy atom. The molecule has 0 radical (unpaired) electrons. The third-order valence-electron chi connectivity index (χ3n) is 4.11. The number of hydrogen-bond acceptors (Lipinski definition) is 2. The van der Waals surface area contributed by atoms with Gasteiger partial charge in [0.15, 0.2) is 0 Å². The molecule has 0 bridgehead atoms. The van der Waals surface area contributed by atoms with Crippen molar-refractivity contribution >= 4 is 0 Å². The highest BCUT2D eigenvalue weighted by molar-refractivity contribution is 5.22. The van der Waals surface area contributed by atoms with Crippen molar-refractivity contribution in [2.24, 2.45) is 0 Å². The molecule has 3 rings (SSSR count). The molecule has 110 valence electrons. The molecule has 2 nitrogen and oxygen atoms in total. The van der Waals surface area contributed by atoms with Gasteiger partial charge in [-0.25, -0.2) is 0 Å². The number of benzene rings is 1. The maximum atomic E-state index is 6.01. The minimum absolute atomic E-state index is 0.443. The Kier molecular flexibility index (Phi) is 5.01. The number of pyridine rings is 1. The summed E-state index contributed by atoms with van der Waals surface area (Å²) in [4.78, 5) is 4.73. The molecule has 1 aromatic carbocycles. The van der Waals surface area contributed by atoms with Crippen LogP contribution in [0.25, 0.3) is 0 Å². The Morgan fingerprint density at radius 2 is 1.62 bits per heavy atom. The average Bonchev–Trinajstić information content (AvgIpc) is 2.55. The van der Waals surface area contributed by atoms with Crippen LogP contribution in [0.5, 0.6) is 0 Å². The van der Waals surface area contributed by atoms with Gasteiger partial charge >= 0.3 is 0 Å². The molecule has 0 saturated heterocycles. The van der Waals surface area contributed by atoms with Gasteiger partial charge in [0.2, 0.25) is 0 Å². The molecular weight excluding hydrogens is 258 g/mol. The van der Waals surface area contributed by atoms with Crippen LogP contribution in [-0.2, 0) is 17.8 Å². The van der Waals surface area contributed by atoms with Crippen LogP contribution in [0, 0.1) is 0 Å². The van der Waals surface area contributed by atoms with Gasteiger partial charge in [-0.1, -0.05) is 55.7 Å². The minimum atomic E-state index is 0.443. The molecule has 1 aliphatic rings. The van der Waals surface area contributed by atoms with Crippen molar-refractivity contribution in [3.63, 3.8) is 0 Å². The lowest BCUT2D eigenvalue weighted by Crippen LogP contribution is -2.16. The summed E-state index contributed by atoms with van der Waals surface area (Å²) in [6.07, 6.45) is 7.74. The first kappa shape index (κ1) is 14.3. The normalized spacial score (nSPS) is 16.0. The van der Waals surface area contributed by atoms with Crippen molar-refractivity contribution in [2.75, 3.05) is 0 Å². The molecule has 21 heavy (non-hydrogen) atoms. The van der Waals surface area contributed by atoms with E-state index in [1.807, 2.05) is 6.07 Å². The second kappa shape index (κ2) is 7.37. The van der Waals surface area contributed by atoms with Gasteiger partial charge in [-0.2, -0.15) is 0 Å². The molecule has 1 saturated carbocycles. The first-order valence-corrected chi connectivity index (χ1v) is 8.00. The van der Waals surface area contributed by atoms with Crippen LogP contribution >= 0.6 is 0 Å². The maximum absolute atomic E-state index is 6.01. The number of rotatable bonds is 5. The fourth-order valence-electron chi connectivity index (χ4n) is 2.95. The van der Waals surface area contributed by atoms with Crippen LogP contribution in [0.3, 0.4) is 0 Å². The Hall–Kier alpha value is -1.67. The van der Waals surface area contributed by atoms with Crippen molar-refractivity contribution in [1.82, 2.24) is 4.98 Å². The lowest BCUT2D eigenvalue weighted by atomic mass is 9.98. The zero-order chi connectivity index (χ0) is 14.3. The van der Waals surface area contributed by atoms with Gasteiger partial charge in [0.05, 0.1) is 18.4 Å². The van der Waals surface area contributed by atoms with Crippen LogP contribution in [0.4, 0.5) is 0 Å². The molecule has 1 aliphatic carbocycles. The van der Waals surface area contributed by atoms with E-state index in [9.17, 15) is 0 Å². The second-order valence-electron chi connectivity index (χ2n) is 5.85. The third kappa shape index (κ3) is 4.40. The molecule has 0 aliphatic heterocycles. The quantitative estimate of drug-likeness (QED) is 0.803. The predicted octanol–water partition coefficient (Wildman–Crippen LogP) is 4.52. The largest absolute Gasteiger partial charge is 0.372 e. The van der Waals surface area contributed by atoms with Crippen molar-refractivity contribution in [3.05, 3.63) is 65.5 Å². The van der Waals surface area contributed by atoms with Gasteiger partial charge < -0.3 is 4.74 Å². The molecule has 0 spiro atoms. The standard InChI is InChI=1S/C19H23NO/c1-3-8-16(9-4-1)14-17-10-7-11-18(20-17)15-21-19-12-5-2-6-13-19/h1,3-4,7-11,19H,2,5-6,12-15H2. The van der Waals surface area contributed by atoms with Crippen molar-refractivity contribution in [1.29, 1.82) is 0 Å². The van der Waals surface area contributed by atoms with Crippen molar-refractivity contribution in [2.45, 2.75) is 51.2 Å². The average molecular weight is 281 g/mol. The zero-order valence-corrected chi connectivity index (χ0v) is 12.5. The first-order chi connectivity index (χ1) is 10.4. The Morgan fingerprint density at radius 3 is 2.43 bits per heavy atom. The van der Waals surface area contributed by atoms with E-state index >= 15 is 0 Å². The van der Waals surface area contributed by atoms with E-state index in [-0.39, 0.29) is 0 Å². The van der Waals surface area contributed by atoms with Gasteiger partial charge in [-0.15, -0.1) is 0 Å². The fraction of sp³-hybridized carbons (Fsp3) is 0.421. The summed E-state index contributed by atoms with van der Waals surface area (Å²) in [5.74, 6) is 0. The van der Waals surface area contributed by atoms with E-state index in [1.165, 1.54) is 37.7 Å². The van der Waals surface area contributed by atoms with Gasteiger partial charge in [0.25, 0.3) is 0 Å². The first-order valence-electron chi connectivity index (χ1n) is 8.00. The summed E-state index contributed by atoms with van der Waals surface area (Å²) in [5, 5.41) is 0. The molecule has 0 N–H and O–H groups in total. The van der Waals surface area contributed by atoms with E-state index in [0.717, 1.165) is 17.8 Å². The van der Waals surface area contributed by atoms with E-state index < -0.39 is 0 Å². The lowest BCUT2D eigenvalue weighted by Gasteiger charge is -2.21.